The Morgan fingerprint density at radius 3 is 3.20 bits per heavy atom. The monoisotopic (exact) mass is 140 g/mol. The molecule has 0 unspecified atom stereocenters. The van der Waals surface area contributed by atoms with Gasteiger partial charge in [0.1, 0.15) is 18.9 Å². The van der Waals surface area contributed by atoms with Gasteiger partial charge in [0.15, 0.2) is 0 Å². The van der Waals surface area contributed by atoms with Crippen LogP contribution in [-0.4, -0.2) is 21.9 Å². The van der Waals surface area contributed by atoms with E-state index in [4.69, 9.17) is 4.74 Å². The molecule has 1 radical (unpaired) electrons. The zero-order chi connectivity index (χ0) is 7.40. The summed E-state index contributed by atoms with van der Waals surface area (Å²) >= 11 is 0. The van der Waals surface area contributed by atoms with Crippen molar-refractivity contribution in [1.82, 2.24) is 14.8 Å². The first kappa shape index (κ1) is 7.21. The van der Waals surface area contributed by atoms with E-state index in [1.807, 2.05) is 0 Å². The molecule has 1 rings (SSSR count). The lowest BCUT2D eigenvalue weighted by Gasteiger charge is -2.00. The molecule has 0 spiro atoms. The minimum atomic E-state index is 0.449. The maximum atomic E-state index is 4.86. The number of rotatable bonds is 3. The molecule has 0 aliphatic carbocycles. The van der Waals surface area contributed by atoms with E-state index >= 15 is 0 Å². The zero-order valence-electron chi connectivity index (χ0n) is 5.95. The standard InChI is InChI=1S/C6H10N3O/c1-3-6-7-4-8-9(6)5-10-2/h4H,1,3,5H2,2H3. The van der Waals surface area contributed by atoms with Gasteiger partial charge in [-0.25, -0.2) is 9.67 Å². The third kappa shape index (κ3) is 1.33. The largest absolute Gasteiger partial charge is 0.362 e. The first-order valence-corrected chi connectivity index (χ1v) is 3.03. The van der Waals surface area contributed by atoms with Crippen LogP contribution in [0.2, 0.25) is 0 Å². The Hall–Kier alpha value is -0.900. The van der Waals surface area contributed by atoms with Gasteiger partial charge in [0, 0.05) is 13.5 Å². The van der Waals surface area contributed by atoms with E-state index in [-0.39, 0.29) is 0 Å². The fourth-order valence-electron chi connectivity index (χ4n) is 0.712. The van der Waals surface area contributed by atoms with Crippen molar-refractivity contribution in [2.45, 2.75) is 13.2 Å². The molecule has 0 saturated carbocycles. The average molecular weight is 140 g/mol. The van der Waals surface area contributed by atoms with Crippen LogP contribution in [0.4, 0.5) is 0 Å². The van der Waals surface area contributed by atoms with Crippen LogP contribution in [0.1, 0.15) is 5.82 Å². The highest BCUT2D eigenvalue weighted by molar-refractivity contribution is 4.84. The molecule has 0 N–H and O–H groups in total. The lowest BCUT2D eigenvalue weighted by molar-refractivity contribution is 0.118. The topological polar surface area (TPSA) is 39.9 Å². The minimum absolute atomic E-state index is 0.449. The molecule has 4 heteroatoms. The molecule has 0 saturated heterocycles. The molecule has 55 valence electrons. The molecule has 4 nitrogen and oxygen atoms in total. The highest BCUT2D eigenvalue weighted by atomic mass is 16.5. The van der Waals surface area contributed by atoms with Crippen LogP contribution in [0.5, 0.6) is 0 Å². The number of aromatic nitrogens is 3. The van der Waals surface area contributed by atoms with E-state index in [1.54, 1.807) is 11.8 Å². The number of ether oxygens (including phenoxy) is 1. The van der Waals surface area contributed by atoms with Gasteiger partial charge in [0.2, 0.25) is 0 Å². The first-order valence-electron chi connectivity index (χ1n) is 3.03. The molecule has 0 aromatic carbocycles. The molecule has 0 fully saturated rings. The molecule has 0 aliphatic rings. The van der Waals surface area contributed by atoms with Gasteiger partial charge in [0.25, 0.3) is 0 Å². The van der Waals surface area contributed by atoms with Crippen molar-refractivity contribution in [2.24, 2.45) is 0 Å². The summed E-state index contributed by atoms with van der Waals surface area (Å²) in [5.41, 5.74) is 0. The maximum absolute atomic E-state index is 4.86. The van der Waals surface area contributed by atoms with E-state index in [9.17, 15) is 0 Å². The van der Waals surface area contributed by atoms with Crippen LogP contribution in [-0.2, 0) is 17.9 Å². The summed E-state index contributed by atoms with van der Waals surface area (Å²) in [6, 6.07) is 0. The number of hydrogen-bond acceptors (Lipinski definition) is 3. The lowest BCUT2D eigenvalue weighted by atomic mass is 10.5. The van der Waals surface area contributed by atoms with Gasteiger partial charge in [-0.3, -0.25) is 0 Å². The third-order valence-electron chi connectivity index (χ3n) is 1.17. The van der Waals surface area contributed by atoms with Crippen LogP contribution >= 0.6 is 0 Å². The second kappa shape index (κ2) is 3.31. The lowest BCUT2D eigenvalue weighted by Crippen LogP contribution is -2.06. The third-order valence-corrected chi connectivity index (χ3v) is 1.17. The first-order chi connectivity index (χ1) is 4.88. The second-order valence-corrected chi connectivity index (χ2v) is 1.84. The van der Waals surface area contributed by atoms with Crippen molar-refractivity contribution in [3.05, 3.63) is 19.1 Å². The van der Waals surface area contributed by atoms with Gasteiger partial charge < -0.3 is 4.74 Å². The molecule has 1 aromatic rings. The Morgan fingerprint density at radius 2 is 2.60 bits per heavy atom. The summed E-state index contributed by atoms with van der Waals surface area (Å²) in [5.74, 6) is 0.849. The number of nitrogens with zero attached hydrogens (tertiary/aromatic N) is 3. The van der Waals surface area contributed by atoms with Crippen LogP contribution in [0, 0.1) is 6.92 Å². The molecule has 1 aromatic heterocycles. The van der Waals surface area contributed by atoms with E-state index < -0.39 is 0 Å². The summed E-state index contributed by atoms with van der Waals surface area (Å²) in [6.07, 6.45) is 2.14. The van der Waals surface area contributed by atoms with Crippen LogP contribution < -0.4 is 0 Å². The Bertz CT molecular complexity index is 197. The molecular weight excluding hydrogens is 130 g/mol. The van der Waals surface area contributed by atoms with Crippen molar-refractivity contribution >= 4 is 0 Å². The predicted molar refractivity (Wildman–Crippen MR) is 36.1 cm³/mol. The van der Waals surface area contributed by atoms with Crippen molar-refractivity contribution in [3.63, 3.8) is 0 Å². The fraction of sp³-hybridized carbons (Fsp3) is 0.500. The molecule has 0 atom stereocenters. The molecule has 0 aliphatic heterocycles. The predicted octanol–water partition coefficient (Wildman–Crippen LogP) is 0.259. The number of methoxy groups -OCH3 is 1. The smallest absolute Gasteiger partial charge is 0.141 e. The van der Waals surface area contributed by atoms with Gasteiger partial charge in [-0.15, -0.1) is 0 Å². The Labute approximate surface area is 59.8 Å². The summed E-state index contributed by atoms with van der Waals surface area (Å²) in [7, 11) is 1.62. The molecule has 1 heterocycles. The maximum Gasteiger partial charge on any atom is 0.141 e. The zero-order valence-corrected chi connectivity index (χ0v) is 5.95. The minimum Gasteiger partial charge on any atom is -0.362 e. The summed E-state index contributed by atoms with van der Waals surface area (Å²) in [6.45, 7) is 4.14. The Kier molecular flexibility index (Phi) is 2.39. The summed E-state index contributed by atoms with van der Waals surface area (Å²) < 4.78 is 6.54. The Balaban J connectivity index is 2.70. The van der Waals surface area contributed by atoms with E-state index in [0.29, 0.717) is 13.2 Å². The van der Waals surface area contributed by atoms with Gasteiger partial charge in [-0.1, -0.05) is 0 Å². The van der Waals surface area contributed by atoms with Gasteiger partial charge >= 0.3 is 0 Å². The van der Waals surface area contributed by atoms with Crippen LogP contribution in [0.25, 0.3) is 0 Å². The molecule has 0 amide bonds. The molecular formula is C6H10N3O. The molecule has 10 heavy (non-hydrogen) atoms. The van der Waals surface area contributed by atoms with Gasteiger partial charge in [-0.05, 0) is 6.92 Å². The van der Waals surface area contributed by atoms with Crippen molar-refractivity contribution in [1.29, 1.82) is 0 Å². The van der Waals surface area contributed by atoms with Gasteiger partial charge in [-0.2, -0.15) is 5.10 Å². The van der Waals surface area contributed by atoms with E-state index in [1.165, 1.54) is 6.33 Å². The van der Waals surface area contributed by atoms with Crippen molar-refractivity contribution in [3.8, 4) is 0 Å². The number of hydrogen-bond donors (Lipinski definition) is 0. The highest BCUT2D eigenvalue weighted by Crippen LogP contribution is 1.93. The van der Waals surface area contributed by atoms with Crippen LogP contribution in [0.15, 0.2) is 6.33 Å². The average Bonchev–Trinajstić information content (AvgIpc) is 2.36. The van der Waals surface area contributed by atoms with Crippen LogP contribution in [0.3, 0.4) is 0 Å². The van der Waals surface area contributed by atoms with E-state index in [2.05, 4.69) is 17.0 Å². The SMILES string of the molecule is [CH2]Cc1ncnn1COC. The fourth-order valence-corrected chi connectivity index (χ4v) is 0.712. The highest BCUT2D eigenvalue weighted by Gasteiger charge is 1.98. The quantitative estimate of drug-likeness (QED) is 0.604. The summed E-state index contributed by atoms with van der Waals surface area (Å²) in [4.78, 5) is 3.96. The Morgan fingerprint density at radius 1 is 1.80 bits per heavy atom. The molecule has 0 bridgehead atoms. The summed E-state index contributed by atoms with van der Waals surface area (Å²) in [5, 5.41) is 3.92. The van der Waals surface area contributed by atoms with E-state index in [0.717, 1.165) is 5.82 Å². The van der Waals surface area contributed by atoms with Crippen molar-refractivity contribution in [2.75, 3.05) is 7.11 Å². The second-order valence-electron chi connectivity index (χ2n) is 1.84. The van der Waals surface area contributed by atoms with Gasteiger partial charge in [0.05, 0.1) is 0 Å². The normalized spacial score (nSPS) is 10.2. The van der Waals surface area contributed by atoms with Crippen molar-refractivity contribution < 1.29 is 4.74 Å².